The van der Waals surface area contributed by atoms with Gasteiger partial charge in [-0.05, 0) is 37.1 Å². The number of methoxy groups -OCH3 is 1. The van der Waals surface area contributed by atoms with Crippen LogP contribution in [0.5, 0.6) is 0 Å². The summed E-state index contributed by atoms with van der Waals surface area (Å²) in [5.74, 6) is 0.220. The van der Waals surface area contributed by atoms with Crippen LogP contribution in [0.2, 0.25) is 5.02 Å². The Kier molecular flexibility index (Phi) is 3.79. The summed E-state index contributed by atoms with van der Waals surface area (Å²) in [7, 11) is 1.68. The largest absolute Gasteiger partial charge is 0.451 e. The van der Waals surface area contributed by atoms with Gasteiger partial charge in [0, 0.05) is 24.1 Å². The van der Waals surface area contributed by atoms with Crippen LogP contribution in [0, 0.1) is 0 Å². The van der Waals surface area contributed by atoms with Crippen LogP contribution in [-0.4, -0.2) is 49.3 Å². The van der Waals surface area contributed by atoms with Gasteiger partial charge in [0.25, 0.3) is 5.91 Å². The Morgan fingerprint density at radius 3 is 3.04 bits per heavy atom. The minimum absolute atomic E-state index is 0.0387. The first kappa shape index (κ1) is 15.0. The first-order valence-electron chi connectivity index (χ1n) is 7.82. The van der Waals surface area contributed by atoms with Crippen molar-refractivity contribution in [3.8, 4) is 0 Å². The second kappa shape index (κ2) is 5.82. The topological polar surface area (TPSA) is 51.9 Å². The number of amides is 1. The molecule has 2 aromatic rings. The third-order valence-electron chi connectivity index (χ3n) is 4.78. The molecule has 1 saturated carbocycles. The summed E-state index contributed by atoms with van der Waals surface area (Å²) in [6.07, 6.45) is 1.82. The zero-order valence-electron chi connectivity index (χ0n) is 12.8. The molecular formula is C17H18ClNO4. The van der Waals surface area contributed by atoms with Crippen LogP contribution >= 0.6 is 11.6 Å². The molecule has 2 fully saturated rings. The van der Waals surface area contributed by atoms with E-state index in [4.69, 9.17) is 25.5 Å². The van der Waals surface area contributed by atoms with E-state index in [9.17, 15) is 4.79 Å². The quantitative estimate of drug-likeness (QED) is 0.846. The van der Waals surface area contributed by atoms with E-state index < -0.39 is 0 Å². The van der Waals surface area contributed by atoms with Crippen molar-refractivity contribution in [2.45, 2.75) is 31.1 Å². The molecule has 3 atom stereocenters. The summed E-state index contributed by atoms with van der Waals surface area (Å²) in [6.45, 7) is 1.08. The molecule has 1 aromatic heterocycles. The predicted octanol–water partition coefficient (Wildman–Crippen LogP) is 3.10. The van der Waals surface area contributed by atoms with Crippen LogP contribution in [0.25, 0.3) is 11.0 Å². The molecule has 122 valence electrons. The molecule has 1 aromatic carbocycles. The zero-order chi connectivity index (χ0) is 16.0. The van der Waals surface area contributed by atoms with Crippen LogP contribution in [-0.2, 0) is 9.47 Å². The molecule has 0 spiro atoms. The van der Waals surface area contributed by atoms with Crippen LogP contribution in [0.15, 0.2) is 28.7 Å². The molecular weight excluding hydrogens is 318 g/mol. The van der Waals surface area contributed by atoms with E-state index in [0.29, 0.717) is 29.5 Å². The normalized spacial score (nSPS) is 27.4. The number of carbonyl (C=O) groups is 1. The van der Waals surface area contributed by atoms with E-state index in [1.54, 1.807) is 31.4 Å². The summed E-state index contributed by atoms with van der Waals surface area (Å²) >= 11 is 6.00. The molecule has 6 heteroatoms. The van der Waals surface area contributed by atoms with Crippen molar-refractivity contribution in [3.63, 3.8) is 0 Å². The highest BCUT2D eigenvalue weighted by molar-refractivity contribution is 6.31. The number of rotatable bonds is 2. The van der Waals surface area contributed by atoms with Gasteiger partial charge in [-0.3, -0.25) is 4.79 Å². The smallest absolute Gasteiger partial charge is 0.290 e. The Balaban J connectivity index is 1.66. The van der Waals surface area contributed by atoms with E-state index in [1.807, 2.05) is 4.90 Å². The second-order valence-electron chi connectivity index (χ2n) is 6.05. The van der Waals surface area contributed by atoms with Gasteiger partial charge in [-0.1, -0.05) is 11.6 Å². The lowest BCUT2D eigenvalue weighted by Crippen LogP contribution is -2.46. The zero-order valence-corrected chi connectivity index (χ0v) is 13.6. The minimum atomic E-state index is -0.115. The maximum Gasteiger partial charge on any atom is 0.290 e. The van der Waals surface area contributed by atoms with Gasteiger partial charge in [-0.25, -0.2) is 0 Å². The van der Waals surface area contributed by atoms with Crippen molar-refractivity contribution in [1.82, 2.24) is 4.90 Å². The fourth-order valence-corrected chi connectivity index (χ4v) is 3.89. The lowest BCUT2D eigenvalue weighted by atomic mass is 10.1. The molecule has 0 radical (unpaired) electrons. The van der Waals surface area contributed by atoms with E-state index in [2.05, 4.69) is 0 Å². The Morgan fingerprint density at radius 1 is 1.35 bits per heavy atom. The van der Waals surface area contributed by atoms with Crippen molar-refractivity contribution < 1.29 is 18.7 Å². The number of hydrogen-bond donors (Lipinski definition) is 0. The van der Waals surface area contributed by atoms with Gasteiger partial charge in [-0.2, -0.15) is 0 Å². The first-order chi connectivity index (χ1) is 11.2. The van der Waals surface area contributed by atoms with Crippen LogP contribution in [0.3, 0.4) is 0 Å². The molecule has 2 bridgehead atoms. The van der Waals surface area contributed by atoms with Crippen molar-refractivity contribution in [2.75, 3.05) is 20.3 Å². The van der Waals surface area contributed by atoms with Gasteiger partial charge < -0.3 is 18.8 Å². The fourth-order valence-electron chi connectivity index (χ4n) is 3.71. The van der Waals surface area contributed by atoms with Crippen molar-refractivity contribution in [2.24, 2.45) is 0 Å². The summed E-state index contributed by atoms with van der Waals surface area (Å²) in [6, 6.07) is 7.13. The summed E-state index contributed by atoms with van der Waals surface area (Å²) < 4.78 is 17.1. The van der Waals surface area contributed by atoms with Gasteiger partial charge in [0.05, 0.1) is 18.8 Å². The third kappa shape index (κ3) is 2.53. The lowest BCUT2D eigenvalue weighted by molar-refractivity contribution is -0.0317. The monoisotopic (exact) mass is 335 g/mol. The molecule has 0 N–H and O–H groups in total. The highest BCUT2D eigenvalue weighted by atomic mass is 35.5. The number of hydrogen-bond acceptors (Lipinski definition) is 4. The number of halogens is 1. The second-order valence-corrected chi connectivity index (χ2v) is 6.48. The maximum atomic E-state index is 12.9. The van der Waals surface area contributed by atoms with E-state index in [0.717, 1.165) is 18.2 Å². The van der Waals surface area contributed by atoms with Crippen LogP contribution < -0.4 is 0 Å². The average molecular weight is 336 g/mol. The number of ether oxygens (including phenoxy) is 2. The first-order valence-corrected chi connectivity index (χ1v) is 8.19. The van der Waals surface area contributed by atoms with Gasteiger partial charge in [0.1, 0.15) is 11.7 Å². The average Bonchev–Trinajstić information content (AvgIpc) is 3.07. The van der Waals surface area contributed by atoms with Crippen molar-refractivity contribution >= 4 is 28.5 Å². The highest BCUT2D eigenvalue weighted by Gasteiger charge is 2.44. The Labute approximate surface area is 139 Å². The molecule has 5 nitrogen and oxygen atoms in total. The van der Waals surface area contributed by atoms with Gasteiger partial charge in [0.2, 0.25) is 0 Å². The predicted molar refractivity (Wildman–Crippen MR) is 85.8 cm³/mol. The third-order valence-corrected chi connectivity index (χ3v) is 5.01. The molecule has 1 saturated heterocycles. The Morgan fingerprint density at radius 2 is 2.22 bits per heavy atom. The number of carbonyl (C=O) groups excluding carboxylic acids is 1. The van der Waals surface area contributed by atoms with E-state index in [-0.39, 0.29) is 24.2 Å². The Bertz CT molecular complexity index is 743. The number of benzene rings is 1. The van der Waals surface area contributed by atoms with Gasteiger partial charge in [0.15, 0.2) is 5.76 Å². The lowest BCUT2D eigenvalue weighted by Gasteiger charge is -2.29. The minimum Gasteiger partial charge on any atom is -0.451 e. The van der Waals surface area contributed by atoms with Crippen LogP contribution in [0.1, 0.15) is 23.4 Å². The van der Waals surface area contributed by atoms with Crippen LogP contribution in [0.4, 0.5) is 0 Å². The van der Waals surface area contributed by atoms with Crippen molar-refractivity contribution in [1.29, 1.82) is 0 Å². The highest BCUT2D eigenvalue weighted by Crippen LogP contribution is 2.33. The van der Waals surface area contributed by atoms with Gasteiger partial charge in [-0.15, -0.1) is 0 Å². The molecule has 2 heterocycles. The number of furan rings is 1. The molecule has 2 aliphatic rings. The van der Waals surface area contributed by atoms with E-state index >= 15 is 0 Å². The molecule has 1 aliphatic carbocycles. The summed E-state index contributed by atoms with van der Waals surface area (Å²) in [5, 5.41) is 1.46. The molecule has 1 aliphatic heterocycles. The summed E-state index contributed by atoms with van der Waals surface area (Å²) in [4.78, 5) is 14.8. The molecule has 1 amide bonds. The SMILES string of the molecule is CO[C@H]1[C@H]2CC[C@H]1OCCN2C(=O)c1cc2cc(Cl)ccc2o1. The van der Waals surface area contributed by atoms with E-state index in [1.165, 1.54) is 0 Å². The summed E-state index contributed by atoms with van der Waals surface area (Å²) in [5.41, 5.74) is 0.663. The van der Waals surface area contributed by atoms with Crippen molar-refractivity contribution in [3.05, 3.63) is 35.0 Å². The fraction of sp³-hybridized carbons (Fsp3) is 0.471. The number of fused-ring (bicyclic) bond motifs is 3. The Hall–Kier alpha value is -1.56. The molecule has 0 unspecified atom stereocenters. The number of nitrogens with zero attached hydrogens (tertiary/aromatic N) is 1. The maximum absolute atomic E-state index is 12.9. The van der Waals surface area contributed by atoms with Gasteiger partial charge >= 0.3 is 0 Å². The molecule has 23 heavy (non-hydrogen) atoms. The molecule has 4 rings (SSSR count). The standard InChI is InChI=1S/C17H18ClNO4/c1-21-16-12-3-5-14(16)22-7-6-19(12)17(20)15-9-10-8-11(18)2-4-13(10)23-15/h2,4,8-9,12,14,16H,3,5-7H2,1H3/t12-,14-,16+/m1/s1.